The molecule has 0 bridgehead atoms. The third-order valence-corrected chi connectivity index (χ3v) is 3.34. The summed E-state index contributed by atoms with van der Waals surface area (Å²) in [4.78, 5) is 12.9. The third kappa shape index (κ3) is 4.58. The maximum absolute atomic E-state index is 11.6. The lowest BCUT2D eigenvalue weighted by atomic mass is 9.99. The largest absolute Gasteiger partial charge is 0.378 e. The van der Waals surface area contributed by atoms with E-state index in [4.69, 9.17) is 4.74 Å². The molecule has 84 valence electrons. The van der Waals surface area contributed by atoms with Gasteiger partial charge in [-0.2, -0.15) is 0 Å². The zero-order valence-electron chi connectivity index (χ0n) is 9.58. The van der Waals surface area contributed by atoms with E-state index in [9.17, 15) is 4.79 Å². The summed E-state index contributed by atoms with van der Waals surface area (Å²) < 4.78 is 5.23. The maximum Gasteiger partial charge on any atom is 0.136 e. The Bertz CT molecular complexity index is 301. The van der Waals surface area contributed by atoms with Crippen LogP contribution in [0.4, 0.5) is 0 Å². The van der Waals surface area contributed by atoms with Crippen LogP contribution in [0.15, 0.2) is 17.5 Å². The Balaban J connectivity index is 2.31. The predicted octanol–water partition coefficient (Wildman–Crippen LogP) is 3.06. The molecule has 0 atom stereocenters. The molecule has 1 heterocycles. The van der Waals surface area contributed by atoms with Crippen LogP contribution in [0.1, 0.15) is 31.6 Å². The lowest BCUT2D eigenvalue weighted by molar-refractivity contribution is -0.124. The molecule has 0 fully saturated rings. The first-order valence-corrected chi connectivity index (χ1v) is 6.01. The van der Waals surface area contributed by atoms with E-state index in [0.717, 1.165) is 6.42 Å². The molecule has 0 saturated carbocycles. The fourth-order valence-electron chi connectivity index (χ4n) is 1.35. The molecule has 3 heteroatoms. The third-order valence-electron chi connectivity index (χ3n) is 2.41. The lowest BCUT2D eigenvalue weighted by Crippen LogP contribution is -2.26. The molecule has 0 saturated heterocycles. The molecule has 1 aromatic heterocycles. The highest BCUT2D eigenvalue weighted by Gasteiger charge is 2.20. The minimum absolute atomic E-state index is 0.273. The Hall–Kier alpha value is -0.670. The van der Waals surface area contributed by atoms with Crippen molar-refractivity contribution in [2.75, 3.05) is 7.11 Å². The molecule has 0 amide bonds. The van der Waals surface area contributed by atoms with Crippen LogP contribution in [0.3, 0.4) is 0 Å². The molecule has 0 aliphatic rings. The van der Waals surface area contributed by atoms with Gasteiger partial charge in [-0.05, 0) is 31.7 Å². The van der Waals surface area contributed by atoms with Crippen molar-refractivity contribution in [1.29, 1.82) is 0 Å². The van der Waals surface area contributed by atoms with E-state index >= 15 is 0 Å². The second kappa shape index (κ2) is 5.42. The summed E-state index contributed by atoms with van der Waals surface area (Å²) in [7, 11) is 1.65. The lowest BCUT2D eigenvalue weighted by Gasteiger charge is -2.21. The second-order valence-electron chi connectivity index (χ2n) is 4.26. The van der Waals surface area contributed by atoms with Gasteiger partial charge in [0.15, 0.2) is 0 Å². The van der Waals surface area contributed by atoms with Gasteiger partial charge in [0.2, 0.25) is 0 Å². The van der Waals surface area contributed by atoms with E-state index in [-0.39, 0.29) is 11.4 Å². The van der Waals surface area contributed by atoms with Crippen molar-refractivity contribution in [3.05, 3.63) is 22.4 Å². The van der Waals surface area contributed by atoms with Crippen LogP contribution < -0.4 is 0 Å². The SMILES string of the molecule is COC(C)(C)CC(=O)CCc1cccs1. The number of carbonyl (C=O) groups is 1. The first-order valence-electron chi connectivity index (χ1n) is 5.13. The molecule has 1 aromatic rings. The van der Waals surface area contributed by atoms with Crippen LogP contribution >= 0.6 is 11.3 Å². The Kier molecular flexibility index (Phi) is 4.48. The minimum atomic E-state index is -0.327. The molecule has 0 N–H and O–H groups in total. The summed E-state index contributed by atoms with van der Waals surface area (Å²) in [5, 5.41) is 2.04. The van der Waals surface area contributed by atoms with Crippen LogP contribution in [0, 0.1) is 0 Å². The van der Waals surface area contributed by atoms with Crippen LogP contribution in [-0.4, -0.2) is 18.5 Å². The number of hydrogen-bond donors (Lipinski definition) is 0. The highest BCUT2D eigenvalue weighted by molar-refractivity contribution is 7.09. The minimum Gasteiger partial charge on any atom is -0.378 e. The van der Waals surface area contributed by atoms with Crippen LogP contribution in [0.25, 0.3) is 0 Å². The average Bonchev–Trinajstić information content (AvgIpc) is 2.66. The molecular formula is C12H18O2S. The predicted molar refractivity (Wildman–Crippen MR) is 63.4 cm³/mol. The van der Waals surface area contributed by atoms with Gasteiger partial charge < -0.3 is 4.74 Å². The van der Waals surface area contributed by atoms with Gasteiger partial charge in [0.25, 0.3) is 0 Å². The number of methoxy groups -OCH3 is 1. The molecule has 2 nitrogen and oxygen atoms in total. The molecule has 0 unspecified atom stereocenters. The van der Waals surface area contributed by atoms with E-state index in [2.05, 4.69) is 6.07 Å². The van der Waals surface area contributed by atoms with Crippen LogP contribution in [0.2, 0.25) is 0 Å². The van der Waals surface area contributed by atoms with Crippen LogP contribution in [-0.2, 0) is 16.0 Å². The van der Waals surface area contributed by atoms with Gasteiger partial charge >= 0.3 is 0 Å². The van der Waals surface area contributed by atoms with Crippen molar-refractivity contribution in [2.45, 2.75) is 38.7 Å². The average molecular weight is 226 g/mol. The van der Waals surface area contributed by atoms with Crippen LogP contribution in [0.5, 0.6) is 0 Å². The summed E-state index contributed by atoms with van der Waals surface area (Å²) in [6.45, 7) is 3.88. The topological polar surface area (TPSA) is 26.3 Å². The monoisotopic (exact) mass is 226 g/mol. The molecular weight excluding hydrogens is 208 g/mol. The van der Waals surface area contributed by atoms with Gasteiger partial charge in [0, 0.05) is 24.8 Å². The number of carbonyl (C=O) groups excluding carboxylic acids is 1. The summed E-state index contributed by atoms with van der Waals surface area (Å²) in [5.74, 6) is 0.273. The molecule has 0 aliphatic heterocycles. The Morgan fingerprint density at radius 3 is 2.80 bits per heavy atom. The first kappa shape index (κ1) is 12.4. The molecule has 15 heavy (non-hydrogen) atoms. The summed E-state index contributed by atoms with van der Waals surface area (Å²) >= 11 is 1.71. The highest BCUT2D eigenvalue weighted by Crippen LogP contribution is 2.17. The fraction of sp³-hybridized carbons (Fsp3) is 0.583. The zero-order chi connectivity index (χ0) is 11.3. The van der Waals surface area contributed by atoms with Gasteiger partial charge in [-0.25, -0.2) is 0 Å². The molecule has 0 aromatic carbocycles. The molecule has 0 aliphatic carbocycles. The zero-order valence-corrected chi connectivity index (χ0v) is 10.4. The quantitative estimate of drug-likeness (QED) is 0.745. The number of aryl methyl sites for hydroxylation is 1. The van der Waals surface area contributed by atoms with E-state index in [1.165, 1.54) is 4.88 Å². The van der Waals surface area contributed by atoms with Crippen molar-refractivity contribution < 1.29 is 9.53 Å². The number of thiophene rings is 1. The summed E-state index contributed by atoms with van der Waals surface area (Å²) in [6.07, 6.45) is 1.97. The van der Waals surface area contributed by atoms with E-state index < -0.39 is 0 Å². The van der Waals surface area contributed by atoms with Gasteiger partial charge in [-0.15, -0.1) is 11.3 Å². The molecule has 1 rings (SSSR count). The normalized spacial score (nSPS) is 11.7. The molecule has 0 radical (unpaired) electrons. The van der Waals surface area contributed by atoms with E-state index in [0.29, 0.717) is 12.8 Å². The van der Waals surface area contributed by atoms with Gasteiger partial charge in [0.05, 0.1) is 5.60 Å². The number of ketones is 1. The van der Waals surface area contributed by atoms with E-state index in [1.807, 2.05) is 25.3 Å². The Labute approximate surface area is 95.3 Å². The van der Waals surface area contributed by atoms with Gasteiger partial charge in [0.1, 0.15) is 5.78 Å². The van der Waals surface area contributed by atoms with Crippen molar-refractivity contribution in [3.8, 4) is 0 Å². The first-order chi connectivity index (χ1) is 7.03. The second-order valence-corrected chi connectivity index (χ2v) is 5.29. The number of Topliss-reactive ketones (excluding diaryl/α,β-unsaturated/α-hetero) is 1. The van der Waals surface area contributed by atoms with Crippen molar-refractivity contribution >= 4 is 17.1 Å². The highest BCUT2D eigenvalue weighted by atomic mass is 32.1. The van der Waals surface area contributed by atoms with Crippen molar-refractivity contribution in [2.24, 2.45) is 0 Å². The number of hydrogen-bond acceptors (Lipinski definition) is 3. The number of ether oxygens (including phenoxy) is 1. The standard InChI is InChI=1S/C12H18O2S/c1-12(2,14-3)9-10(13)6-7-11-5-4-8-15-11/h4-5,8H,6-7,9H2,1-3H3. The van der Waals surface area contributed by atoms with Crippen molar-refractivity contribution in [3.63, 3.8) is 0 Å². The van der Waals surface area contributed by atoms with E-state index in [1.54, 1.807) is 18.4 Å². The fourth-order valence-corrected chi connectivity index (χ4v) is 2.06. The molecule has 0 spiro atoms. The van der Waals surface area contributed by atoms with Gasteiger partial charge in [-0.1, -0.05) is 6.07 Å². The summed E-state index contributed by atoms with van der Waals surface area (Å²) in [5.41, 5.74) is -0.327. The Morgan fingerprint density at radius 2 is 2.27 bits per heavy atom. The Morgan fingerprint density at radius 1 is 1.53 bits per heavy atom. The van der Waals surface area contributed by atoms with Crippen molar-refractivity contribution in [1.82, 2.24) is 0 Å². The smallest absolute Gasteiger partial charge is 0.136 e. The maximum atomic E-state index is 11.6. The van der Waals surface area contributed by atoms with Gasteiger partial charge in [-0.3, -0.25) is 4.79 Å². The summed E-state index contributed by atoms with van der Waals surface area (Å²) in [6, 6.07) is 4.09. The number of rotatable bonds is 6.